The lowest BCUT2D eigenvalue weighted by molar-refractivity contribution is -0.120. The molecular weight excluding hydrogens is 350 g/mol. The third-order valence-electron chi connectivity index (χ3n) is 4.05. The molecule has 3 aromatic rings. The molecule has 7 heteroatoms. The standard InChI is InChI=1S/C19H21N3O3S/c1-11-8-20-15(13(3)18(11)24-4)9-21-17(23)7-14-10-26-19(22-14)16-6-5-12(2)25-16/h5-6,8,10H,7,9H2,1-4H3,(H,21,23). The fourth-order valence-electron chi connectivity index (χ4n) is 2.71. The van der Waals surface area contributed by atoms with Gasteiger partial charge in [0, 0.05) is 22.7 Å². The van der Waals surface area contributed by atoms with E-state index in [1.807, 2.05) is 38.3 Å². The van der Waals surface area contributed by atoms with Gasteiger partial charge in [-0.3, -0.25) is 9.78 Å². The second kappa shape index (κ2) is 7.70. The van der Waals surface area contributed by atoms with Crippen molar-refractivity contribution in [3.63, 3.8) is 0 Å². The van der Waals surface area contributed by atoms with Crippen molar-refractivity contribution in [3.8, 4) is 16.5 Å². The number of rotatable bonds is 6. The number of carbonyl (C=O) groups is 1. The summed E-state index contributed by atoms with van der Waals surface area (Å²) >= 11 is 1.47. The van der Waals surface area contributed by atoms with Gasteiger partial charge >= 0.3 is 0 Å². The van der Waals surface area contributed by atoms with Crippen molar-refractivity contribution in [2.75, 3.05) is 7.11 Å². The Bertz CT molecular complexity index is 930. The summed E-state index contributed by atoms with van der Waals surface area (Å²) < 4.78 is 11.0. The summed E-state index contributed by atoms with van der Waals surface area (Å²) in [6, 6.07) is 3.78. The van der Waals surface area contributed by atoms with Gasteiger partial charge in [-0.2, -0.15) is 0 Å². The number of hydrogen-bond acceptors (Lipinski definition) is 6. The quantitative estimate of drug-likeness (QED) is 0.716. The van der Waals surface area contributed by atoms with E-state index >= 15 is 0 Å². The molecule has 0 radical (unpaired) electrons. The van der Waals surface area contributed by atoms with Crippen LogP contribution in [0.4, 0.5) is 0 Å². The molecule has 0 bridgehead atoms. The molecule has 0 aliphatic heterocycles. The van der Waals surface area contributed by atoms with Crippen LogP contribution in [0.5, 0.6) is 5.75 Å². The van der Waals surface area contributed by atoms with Gasteiger partial charge in [0.25, 0.3) is 0 Å². The first-order valence-electron chi connectivity index (χ1n) is 8.25. The highest BCUT2D eigenvalue weighted by molar-refractivity contribution is 7.13. The third-order valence-corrected chi connectivity index (χ3v) is 4.95. The van der Waals surface area contributed by atoms with Crippen LogP contribution in [0.1, 0.15) is 28.3 Å². The van der Waals surface area contributed by atoms with Gasteiger partial charge in [-0.1, -0.05) is 0 Å². The molecule has 1 amide bonds. The Hall–Kier alpha value is -2.67. The van der Waals surface area contributed by atoms with Crippen LogP contribution in [-0.2, 0) is 17.8 Å². The molecule has 0 saturated carbocycles. The molecular formula is C19H21N3O3S. The van der Waals surface area contributed by atoms with Crippen molar-refractivity contribution in [2.24, 2.45) is 0 Å². The van der Waals surface area contributed by atoms with Crippen LogP contribution in [-0.4, -0.2) is 23.0 Å². The highest BCUT2D eigenvalue weighted by Crippen LogP contribution is 2.26. The minimum atomic E-state index is -0.0989. The Balaban J connectivity index is 1.61. The summed E-state index contributed by atoms with van der Waals surface area (Å²) in [6.07, 6.45) is 1.98. The maximum atomic E-state index is 12.2. The van der Waals surface area contributed by atoms with Gasteiger partial charge < -0.3 is 14.5 Å². The third kappa shape index (κ3) is 3.94. The fourth-order valence-corrected chi connectivity index (χ4v) is 3.49. The smallest absolute Gasteiger partial charge is 0.226 e. The number of carbonyl (C=O) groups excluding carboxylic acids is 1. The van der Waals surface area contributed by atoms with E-state index in [2.05, 4.69) is 15.3 Å². The van der Waals surface area contributed by atoms with E-state index in [4.69, 9.17) is 9.15 Å². The highest BCUT2D eigenvalue weighted by Gasteiger charge is 2.13. The number of furan rings is 1. The summed E-state index contributed by atoms with van der Waals surface area (Å²) in [6.45, 7) is 6.14. The molecule has 136 valence electrons. The maximum absolute atomic E-state index is 12.2. The summed E-state index contributed by atoms with van der Waals surface area (Å²) in [5.74, 6) is 2.27. The van der Waals surface area contributed by atoms with Crippen molar-refractivity contribution in [3.05, 3.63) is 52.0 Å². The average molecular weight is 371 g/mol. The molecule has 3 rings (SSSR count). The van der Waals surface area contributed by atoms with Gasteiger partial charge in [-0.05, 0) is 32.9 Å². The SMILES string of the molecule is COc1c(C)cnc(CNC(=O)Cc2csc(-c3ccc(C)o3)n2)c1C. The van der Waals surface area contributed by atoms with E-state index in [1.165, 1.54) is 11.3 Å². The van der Waals surface area contributed by atoms with E-state index in [9.17, 15) is 4.79 Å². The summed E-state index contributed by atoms with van der Waals surface area (Å²) in [7, 11) is 1.64. The molecule has 0 aliphatic rings. The Morgan fingerprint density at radius 2 is 2.12 bits per heavy atom. The molecule has 3 heterocycles. The van der Waals surface area contributed by atoms with Crippen LogP contribution >= 0.6 is 11.3 Å². The monoisotopic (exact) mass is 371 g/mol. The second-order valence-electron chi connectivity index (χ2n) is 6.05. The number of nitrogens with zero attached hydrogens (tertiary/aromatic N) is 2. The molecule has 0 atom stereocenters. The van der Waals surface area contributed by atoms with Crippen LogP contribution in [0, 0.1) is 20.8 Å². The van der Waals surface area contributed by atoms with E-state index in [-0.39, 0.29) is 12.3 Å². The second-order valence-corrected chi connectivity index (χ2v) is 6.91. The van der Waals surface area contributed by atoms with Crippen molar-refractivity contribution < 1.29 is 13.9 Å². The largest absolute Gasteiger partial charge is 0.496 e. The maximum Gasteiger partial charge on any atom is 0.226 e. The molecule has 26 heavy (non-hydrogen) atoms. The van der Waals surface area contributed by atoms with Crippen molar-refractivity contribution >= 4 is 17.2 Å². The van der Waals surface area contributed by atoms with Crippen LogP contribution in [0.15, 0.2) is 28.1 Å². The van der Waals surface area contributed by atoms with E-state index in [1.54, 1.807) is 13.3 Å². The number of pyridine rings is 1. The molecule has 0 spiro atoms. The van der Waals surface area contributed by atoms with Gasteiger partial charge in [0.05, 0.1) is 31.5 Å². The Labute approximate surface area is 156 Å². The zero-order chi connectivity index (χ0) is 18.7. The highest BCUT2D eigenvalue weighted by atomic mass is 32.1. The topological polar surface area (TPSA) is 77.2 Å². The van der Waals surface area contributed by atoms with Crippen molar-refractivity contribution in [1.29, 1.82) is 0 Å². The summed E-state index contributed by atoms with van der Waals surface area (Å²) in [4.78, 5) is 21.1. The van der Waals surface area contributed by atoms with Crippen LogP contribution in [0.2, 0.25) is 0 Å². The van der Waals surface area contributed by atoms with Crippen molar-refractivity contribution in [1.82, 2.24) is 15.3 Å². The Kier molecular flexibility index (Phi) is 5.37. The number of ether oxygens (including phenoxy) is 1. The van der Waals surface area contributed by atoms with Crippen LogP contribution in [0.25, 0.3) is 10.8 Å². The molecule has 0 saturated heterocycles. The lowest BCUT2D eigenvalue weighted by Gasteiger charge is -2.12. The Morgan fingerprint density at radius 1 is 1.31 bits per heavy atom. The van der Waals surface area contributed by atoms with Gasteiger partial charge in [-0.15, -0.1) is 11.3 Å². The molecule has 6 nitrogen and oxygen atoms in total. The first-order chi connectivity index (χ1) is 12.5. The van der Waals surface area contributed by atoms with E-state index in [0.29, 0.717) is 6.54 Å². The number of amides is 1. The lowest BCUT2D eigenvalue weighted by atomic mass is 10.1. The average Bonchev–Trinajstić information content (AvgIpc) is 3.23. The van der Waals surface area contributed by atoms with Gasteiger partial charge in [-0.25, -0.2) is 4.98 Å². The van der Waals surface area contributed by atoms with Gasteiger partial charge in [0.1, 0.15) is 11.5 Å². The normalized spacial score (nSPS) is 10.8. The lowest BCUT2D eigenvalue weighted by Crippen LogP contribution is -2.25. The zero-order valence-electron chi connectivity index (χ0n) is 15.3. The minimum absolute atomic E-state index is 0.0989. The first-order valence-corrected chi connectivity index (χ1v) is 9.13. The Morgan fingerprint density at radius 3 is 2.81 bits per heavy atom. The summed E-state index contributed by atoms with van der Waals surface area (Å²) in [5.41, 5.74) is 3.44. The number of aromatic nitrogens is 2. The molecule has 0 aliphatic carbocycles. The van der Waals surface area contributed by atoms with Gasteiger partial charge in [0.2, 0.25) is 5.91 Å². The summed E-state index contributed by atoms with van der Waals surface area (Å²) in [5, 5.41) is 5.56. The molecule has 0 aromatic carbocycles. The van der Waals surface area contributed by atoms with Crippen molar-refractivity contribution in [2.45, 2.75) is 33.7 Å². The molecule has 0 fully saturated rings. The van der Waals surface area contributed by atoms with E-state index < -0.39 is 0 Å². The fraction of sp³-hybridized carbons (Fsp3) is 0.316. The number of thiazole rings is 1. The molecule has 3 aromatic heterocycles. The number of methoxy groups -OCH3 is 1. The predicted molar refractivity (Wildman–Crippen MR) is 100 cm³/mol. The zero-order valence-corrected chi connectivity index (χ0v) is 16.1. The predicted octanol–water partition coefficient (Wildman–Crippen LogP) is 3.59. The molecule has 0 unspecified atom stereocenters. The van der Waals surface area contributed by atoms with Crippen LogP contribution in [0.3, 0.4) is 0 Å². The molecule has 1 N–H and O–H groups in total. The van der Waals surface area contributed by atoms with Crippen LogP contribution < -0.4 is 10.1 Å². The number of nitrogens with one attached hydrogen (secondary N) is 1. The number of aryl methyl sites for hydroxylation is 2. The van der Waals surface area contributed by atoms with E-state index in [0.717, 1.165) is 44.8 Å². The number of hydrogen-bond donors (Lipinski definition) is 1. The minimum Gasteiger partial charge on any atom is -0.496 e. The first kappa shape index (κ1) is 18.1. The van der Waals surface area contributed by atoms with Gasteiger partial charge in [0.15, 0.2) is 10.8 Å².